The molecule has 0 aliphatic carbocycles. The molecule has 2 heterocycles. The molecular formula is C14H19NS. The summed E-state index contributed by atoms with van der Waals surface area (Å²) in [5.74, 6) is 2.44. The highest BCUT2D eigenvalue weighted by Crippen LogP contribution is 2.31. The first kappa shape index (κ1) is 11.6. The van der Waals surface area contributed by atoms with Gasteiger partial charge in [0.1, 0.15) is 0 Å². The number of aromatic nitrogens is 1. The Balaban J connectivity index is 0.000000457. The fraction of sp³-hybridized carbons (Fsp3) is 0.429. The van der Waals surface area contributed by atoms with Crippen molar-refractivity contribution < 1.29 is 0 Å². The van der Waals surface area contributed by atoms with Crippen molar-refractivity contribution in [2.75, 3.05) is 5.75 Å². The van der Waals surface area contributed by atoms with Crippen molar-refractivity contribution in [3.8, 4) is 0 Å². The molecule has 0 saturated heterocycles. The largest absolute Gasteiger partial charge is 0.343 e. The fourth-order valence-corrected chi connectivity index (χ4v) is 3.32. The van der Waals surface area contributed by atoms with Crippen molar-refractivity contribution in [1.29, 1.82) is 0 Å². The summed E-state index contributed by atoms with van der Waals surface area (Å²) in [4.78, 5) is 0. The molecule has 0 N–H and O–H groups in total. The van der Waals surface area contributed by atoms with Crippen LogP contribution in [0.3, 0.4) is 0 Å². The van der Waals surface area contributed by atoms with Gasteiger partial charge in [0.05, 0.1) is 0 Å². The van der Waals surface area contributed by atoms with E-state index in [4.69, 9.17) is 0 Å². The quantitative estimate of drug-likeness (QED) is 0.659. The summed E-state index contributed by atoms with van der Waals surface area (Å²) in [6.45, 7) is 7.42. The SMILES string of the molecule is CC.Cc1c2n(c3ccccc13)CCSC2. The lowest BCUT2D eigenvalue weighted by Gasteiger charge is -2.16. The van der Waals surface area contributed by atoms with Gasteiger partial charge < -0.3 is 4.57 Å². The molecule has 0 amide bonds. The second-order valence-electron chi connectivity index (χ2n) is 3.79. The Kier molecular flexibility index (Phi) is 3.59. The Hall–Kier alpha value is -0.890. The molecule has 1 aliphatic rings. The predicted molar refractivity (Wildman–Crippen MR) is 74.2 cm³/mol. The lowest BCUT2D eigenvalue weighted by molar-refractivity contribution is 0.754. The van der Waals surface area contributed by atoms with Crippen molar-refractivity contribution in [2.45, 2.75) is 33.1 Å². The zero-order valence-electron chi connectivity index (χ0n) is 10.3. The number of benzene rings is 1. The zero-order valence-corrected chi connectivity index (χ0v) is 11.1. The molecular weight excluding hydrogens is 214 g/mol. The van der Waals surface area contributed by atoms with Crippen LogP contribution in [0, 0.1) is 6.92 Å². The summed E-state index contributed by atoms with van der Waals surface area (Å²) >= 11 is 2.05. The normalized spacial score (nSPS) is 14.2. The van der Waals surface area contributed by atoms with Crippen LogP contribution in [0.4, 0.5) is 0 Å². The van der Waals surface area contributed by atoms with Gasteiger partial charge in [0.2, 0.25) is 0 Å². The minimum atomic E-state index is 1.17. The van der Waals surface area contributed by atoms with E-state index in [1.165, 1.54) is 40.2 Å². The number of nitrogens with zero attached hydrogens (tertiary/aromatic N) is 1. The summed E-state index contributed by atoms with van der Waals surface area (Å²) in [6, 6.07) is 8.74. The molecule has 16 heavy (non-hydrogen) atoms. The van der Waals surface area contributed by atoms with E-state index in [0.29, 0.717) is 0 Å². The van der Waals surface area contributed by atoms with E-state index in [1.54, 1.807) is 0 Å². The van der Waals surface area contributed by atoms with Crippen LogP contribution < -0.4 is 0 Å². The second kappa shape index (κ2) is 4.96. The molecule has 1 nitrogen and oxygen atoms in total. The smallest absolute Gasteiger partial charge is 0.0485 e. The van der Waals surface area contributed by atoms with Gasteiger partial charge in [-0.25, -0.2) is 0 Å². The third-order valence-corrected chi connectivity index (χ3v) is 4.00. The zero-order chi connectivity index (χ0) is 11.5. The monoisotopic (exact) mass is 233 g/mol. The molecule has 2 aromatic rings. The lowest BCUT2D eigenvalue weighted by atomic mass is 10.2. The summed E-state index contributed by atoms with van der Waals surface area (Å²) in [7, 11) is 0. The van der Waals surface area contributed by atoms with Crippen molar-refractivity contribution >= 4 is 22.7 Å². The van der Waals surface area contributed by atoms with Crippen LogP contribution in [0.15, 0.2) is 24.3 Å². The summed E-state index contributed by atoms with van der Waals surface area (Å²) < 4.78 is 2.49. The van der Waals surface area contributed by atoms with Gasteiger partial charge in [-0.15, -0.1) is 0 Å². The van der Waals surface area contributed by atoms with E-state index in [0.717, 1.165) is 0 Å². The van der Waals surface area contributed by atoms with E-state index >= 15 is 0 Å². The number of aryl methyl sites for hydroxylation is 2. The first-order valence-electron chi connectivity index (χ1n) is 6.02. The molecule has 0 atom stereocenters. The third-order valence-electron chi connectivity index (χ3n) is 3.06. The summed E-state index contributed by atoms with van der Waals surface area (Å²) in [5, 5.41) is 1.44. The first-order valence-corrected chi connectivity index (χ1v) is 7.18. The van der Waals surface area contributed by atoms with Crippen molar-refractivity contribution in [3.63, 3.8) is 0 Å². The van der Waals surface area contributed by atoms with Crippen LogP contribution in [-0.4, -0.2) is 10.3 Å². The molecule has 0 saturated carbocycles. The molecule has 3 rings (SSSR count). The molecule has 0 radical (unpaired) electrons. The van der Waals surface area contributed by atoms with Gasteiger partial charge in [0.15, 0.2) is 0 Å². The van der Waals surface area contributed by atoms with Gasteiger partial charge >= 0.3 is 0 Å². The highest BCUT2D eigenvalue weighted by atomic mass is 32.2. The van der Waals surface area contributed by atoms with E-state index in [-0.39, 0.29) is 0 Å². The number of rotatable bonds is 0. The molecule has 86 valence electrons. The van der Waals surface area contributed by atoms with Crippen molar-refractivity contribution in [3.05, 3.63) is 35.5 Å². The maximum atomic E-state index is 2.49. The molecule has 0 fully saturated rings. The molecule has 1 aromatic carbocycles. The van der Waals surface area contributed by atoms with Gasteiger partial charge in [-0.3, -0.25) is 0 Å². The Morgan fingerprint density at radius 1 is 1.19 bits per heavy atom. The minimum Gasteiger partial charge on any atom is -0.343 e. The van der Waals surface area contributed by atoms with Gasteiger partial charge in [-0.2, -0.15) is 11.8 Å². The number of hydrogen-bond donors (Lipinski definition) is 0. The summed E-state index contributed by atoms with van der Waals surface area (Å²) in [5.41, 5.74) is 4.43. The molecule has 1 aromatic heterocycles. The maximum Gasteiger partial charge on any atom is 0.0485 e. The number of fused-ring (bicyclic) bond motifs is 3. The third kappa shape index (κ3) is 1.75. The fourth-order valence-electron chi connectivity index (χ4n) is 2.30. The molecule has 0 spiro atoms. The average molecular weight is 233 g/mol. The van der Waals surface area contributed by atoms with E-state index in [9.17, 15) is 0 Å². The van der Waals surface area contributed by atoms with Crippen LogP contribution in [0.1, 0.15) is 25.1 Å². The molecule has 2 heteroatoms. The second-order valence-corrected chi connectivity index (χ2v) is 4.90. The first-order chi connectivity index (χ1) is 7.88. The topological polar surface area (TPSA) is 4.93 Å². The number of thioether (sulfide) groups is 1. The Morgan fingerprint density at radius 3 is 2.75 bits per heavy atom. The van der Waals surface area contributed by atoms with Gasteiger partial charge in [0, 0.05) is 34.6 Å². The van der Waals surface area contributed by atoms with Crippen LogP contribution in [0.25, 0.3) is 10.9 Å². The lowest BCUT2D eigenvalue weighted by Crippen LogP contribution is -2.10. The van der Waals surface area contributed by atoms with Crippen molar-refractivity contribution in [2.24, 2.45) is 0 Å². The van der Waals surface area contributed by atoms with E-state index < -0.39 is 0 Å². The molecule has 1 aliphatic heterocycles. The maximum absolute atomic E-state index is 2.49. The van der Waals surface area contributed by atoms with Crippen LogP contribution in [0.5, 0.6) is 0 Å². The van der Waals surface area contributed by atoms with E-state index in [1.807, 2.05) is 25.6 Å². The van der Waals surface area contributed by atoms with Crippen LogP contribution in [0.2, 0.25) is 0 Å². The Bertz CT molecular complexity index is 485. The Labute approximate surface area is 102 Å². The van der Waals surface area contributed by atoms with Crippen LogP contribution >= 0.6 is 11.8 Å². The van der Waals surface area contributed by atoms with Crippen molar-refractivity contribution in [1.82, 2.24) is 4.57 Å². The van der Waals surface area contributed by atoms with E-state index in [2.05, 4.69) is 35.8 Å². The minimum absolute atomic E-state index is 1.17. The van der Waals surface area contributed by atoms with Gasteiger partial charge in [0.25, 0.3) is 0 Å². The highest BCUT2D eigenvalue weighted by molar-refractivity contribution is 7.98. The highest BCUT2D eigenvalue weighted by Gasteiger charge is 2.16. The van der Waals surface area contributed by atoms with Gasteiger partial charge in [-0.05, 0) is 18.6 Å². The molecule has 0 unspecified atom stereocenters. The molecule has 0 bridgehead atoms. The predicted octanol–water partition coefficient (Wildman–Crippen LogP) is 4.22. The number of para-hydroxylation sites is 1. The standard InChI is InChI=1S/C12H13NS.C2H6/c1-9-10-4-2-3-5-11(10)13-6-7-14-8-12(9)13;1-2/h2-5H,6-8H2,1H3;1-2H3. The number of hydrogen-bond acceptors (Lipinski definition) is 1. The average Bonchev–Trinajstić information content (AvgIpc) is 2.67. The Morgan fingerprint density at radius 2 is 1.94 bits per heavy atom. The van der Waals surface area contributed by atoms with Gasteiger partial charge in [-0.1, -0.05) is 32.0 Å². The van der Waals surface area contributed by atoms with Crippen LogP contribution in [-0.2, 0) is 12.3 Å². The summed E-state index contributed by atoms with van der Waals surface area (Å²) in [6.07, 6.45) is 0.